The average molecular weight is 496 g/mol. The molecule has 0 bridgehead atoms. The molecule has 1 saturated heterocycles. The van der Waals surface area contributed by atoms with Gasteiger partial charge in [0.05, 0.1) is 11.0 Å². The van der Waals surface area contributed by atoms with Crippen LogP contribution in [0.4, 0.5) is 5.69 Å². The number of anilines is 1. The third-order valence-electron chi connectivity index (χ3n) is 7.02. The molecule has 4 aromatic rings. The third kappa shape index (κ3) is 5.79. The molecule has 0 spiro atoms. The van der Waals surface area contributed by atoms with Crippen LogP contribution < -0.4 is 10.9 Å². The van der Waals surface area contributed by atoms with Crippen LogP contribution in [-0.4, -0.2) is 51.4 Å². The van der Waals surface area contributed by atoms with Gasteiger partial charge >= 0.3 is 0 Å². The molecule has 0 radical (unpaired) electrons. The monoisotopic (exact) mass is 495 g/mol. The van der Waals surface area contributed by atoms with Crippen molar-refractivity contribution in [2.24, 2.45) is 0 Å². The van der Waals surface area contributed by atoms with Crippen LogP contribution >= 0.6 is 0 Å². The van der Waals surface area contributed by atoms with Crippen LogP contribution in [-0.2, 0) is 19.6 Å². The van der Waals surface area contributed by atoms with Gasteiger partial charge in [0.2, 0.25) is 0 Å². The molecule has 1 fully saturated rings. The van der Waals surface area contributed by atoms with Gasteiger partial charge in [0.25, 0.3) is 11.5 Å². The van der Waals surface area contributed by atoms with Gasteiger partial charge in [0, 0.05) is 57.1 Å². The minimum atomic E-state index is -0.196. The first-order chi connectivity index (χ1) is 18.0. The summed E-state index contributed by atoms with van der Waals surface area (Å²) in [6.07, 6.45) is 0. The predicted molar refractivity (Wildman–Crippen MR) is 148 cm³/mol. The second-order valence-corrected chi connectivity index (χ2v) is 9.64. The maximum atomic E-state index is 12.9. The summed E-state index contributed by atoms with van der Waals surface area (Å²) < 4.78 is 1.68. The van der Waals surface area contributed by atoms with Crippen molar-refractivity contribution in [1.82, 2.24) is 19.4 Å². The number of amides is 1. The number of aromatic nitrogens is 2. The Morgan fingerprint density at radius 1 is 0.865 bits per heavy atom. The number of aryl methyl sites for hydroxylation is 2. The number of carbonyl (C=O) groups is 1. The summed E-state index contributed by atoms with van der Waals surface area (Å²) in [5, 5.41) is 2.98. The van der Waals surface area contributed by atoms with Crippen molar-refractivity contribution in [3.8, 4) is 0 Å². The van der Waals surface area contributed by atoms with E-state index in [1.807, 2.05) is 19.1 Å². The number of carbonyl (C=O) groups excluding carboxylic acids is 1. The van der Waals surface area contributed by atoms with Gasteiger partial charge in [-0.2, -0.15) is 0 Å². The van der Waals surface area contributed by atoms with Gasteiger partial charge in [0.1, 0.15) is 5.69 Å². The predicted octanol–water partition coefficient (Wildman–Crippen LogP) is 4.29. The standard InChI is InChI=1S/C30H33N5O2/c1-3-35-28-14-11-25(19-27(28)31-22(2)30(35)37)29(36)32-26-12-9-24(10-13-26)21-34-17-15-33(16-18-34)20-23-7-5-4-6-8-23/h4-14,19H,3,15-18,20-21H2,1-2H3,(H,32,36). The van der Waals surface area contributed by atoms with E-state index in [0.717, 1.165) is 50.5 Å². The van der Waals surface area contributed by atoms with E-state index >= 15 is 0 Å². The lowest BCUT2D eigenvalue weighted by Gasteiger charge is -2.34. The molecule has 190 valence electrons. The van der Waals surface area contributed by atoms with Crippen LogP contribution in [0.5, 0.6) is 0 Å². The van der Waals surface area contributed by atoms with Crippen LogP contribution in [0.3, 0.4) is 0 Å². The number of piperazine rings is 1. The molecular weight excluding hydrogens is 462 g/mol. The van der Waals surface area contributed by atoms with Crippen LogP contribution in [0.1, 0.15) is 34.1 Å². The fourth-order valence-corrected chi connectivity index (χ4v) is 4.93. The summed E-state index contributed by atoms with van der Waals surface area (Å²) >= 11 is 0. The van der Waals surface area contributed by atoms with E-state index in [1.54, 1.807) is 29.7 Å². The van der Waals surface area contributed by atoms with Crippen molar-refractivity contribution in [2.45, 2.75) is 33.5 Å². The fourth-order valence-electron chi connectivity index (χ4n) is 4.93. The molecule has 1 N–H and O–H groups in total. The molecule has 1 aliphatic heterocycles. The number of nitrogens with one attached hydrogen (secondary N) is 1. The highest BCUT2D eigenvalue weighted by molar-refractivity contribution is 6.05. The van der Waals surface area contributed by atoms with E-state index in [9.17, 15) is 9.59 Å². The van der Waals surface area contributed by atoms with E-state index in [4.69, 9.17) is 0 Å². The molecule has 0 aliphatic carbocycles. The number of fused-ring (bicyclic) bond motifs is 1. The Bertz CT molecular complexity index is 1440. The van der Waals surface area contributed by atoms with Crippen LogP contribution in [0.15, 0.2) is 77.6 Å². The molecule has 2 heterocycles. The summed E-state index contributed by atoms with van der Waals surface area (Å²) in [5.41, 5.74) is 5.58. The van der Waals surface area contributed by atoms with Gasteiger partial charge in [-0.25, -0.2) is 4.98 Å². The van der Waals surface area contributed by atoms with Crippen LogP contribution in [0, 0.1) is 6.92 Å². The quantitative estimate of drug-likeness (QED) is 0.414. The zero-order valence-corrected chi connectivity index (χ0v) is 21.5. The van der Waals surface area contributed by atoms with E-state index in [-0.39, 0.29) is 11.5 Å². The second-order valence-electron chi connectivity index (χ2n) is 9.64. The van der Waals surface area contributed by atoms with E-state index in [1.165, 1.54) is 11.1 Å². The highest BCUT2D eigenvalue weighted by atomic mass is 16.1. The highest BCUT2D eigenvalue weighted by Crippen LogP contribution is 2.17. The third-order valence-corrected chi connectivity index (χ3v) is 7.02. The van der Waals surface area contributed by atoms with Gasteiger partial charge in [-0.3, -0.25) is 19.4 Å². The van der Waals surface area contributed by atoms with Gasteiger partial charge in [-0.1, -0.05) is 42.5 Å². The molecule has 1 aromatic heterocycles. The Hall–Kier alpha value is -3.81. The number of hydrogen-bond donors (Lipinski definition) is 1. The normalized spacial score (nSPS) is 14.6. The summed E-state index contributed by atoms with van der Waals surface area (Å²) in [6.45, 7) is 10.3. The second kappa shape index (κ2) is 11.1. The van der Waals surface area contributed by atoms with Gasteiger partial charge < -0.3 is 9.88 Å². The molecular formula is C30H33N5O2. The Kier molecular flexibility index (Phi) is 7.44. The Morgan fingerprint density at radius 3 is 2.11 bits per heavy atom. The molecule has 5 rings (SSSR count). The first-order valence-electron chi connectivity index (χ1n) is 12.9. The van der Waals surface area contributed by atoms with Gasteiger partial charge in [-0.15, -0.1) is 0 Å². The Balaban J connectivity index is 1.17. The smallest absolute Gasteiger partial charge is 0.272 e. The van der Waals surface area contributed by atoms with Crippen molar-refractivity contribution in [2.75, 3.05) is 31.5 Å². The molecule has 1 amide bonds. The lowest BCUT2D eigenvalue weighted by Crippen LogP contribution is -2.45. The number of benzene rings is 3. The average Bonchev–Trinajstić information content (AvgIpc) is 2.92. The zero-order chi connectivity index (χ0) is 25.8. The molecule has 0 saturated carbocycles. The largest absolute Gasteiger partial charge is 0.322 e. The van der Waals surface area contributed by atoms with Gasteiger partial charge in [0.15, 0.2) is 0 Å². The van der Waals surface area contributed by atoms with Crippen molar-refractivity contribution in [3.63, 3.8) is 0 Å². The number of hydrogen-bond acceptors (Lipinski definition) is 5. The minimum absolute atomic E-state index is 0.0960. The maximum Gasteiger partial charge on any atom is 0.272 e. The summed E-state index contributed by atoms with van der Waals surface area (Å²) in [7, 11) is 0. The lowest BCUT2D eigenvalue weighted by atomic mass is 10.1. The molecule has 3 aromatic carbocycles. The van der Waals surface area contributed by atoms with Gasteiger partial charge in [-0.05, 0) is 55.3 Å². The number of rotatable bonds is 7. The Labute approximate surface area is 217 Å². The van der Waals surface area contributed by atoms with E-state index in [2.05, 4.69) is 62.6 Å². The van der Waals surface area contributed by atoms with Crippen molar-refractivity contribution in [3.05, 3.63) is 106 Å². The Morgan fingerprint density at radius 2 is 1.49 bits per heavy atom. The summed E-state index contributed by atoms with van der Waals surface area (Å²) in [4.78, 5) is 34.6. The SMILES string of the molecule is CCn1c(=O)c(C)nc2cc(C(=O)Nc3ccc(CN4CCN(Cc5ccccc5)CC4)cc3)ccc21. The van der Waals surface area contributed by atoms with Crippen molar-refractivity contribution < 1.29 is 4.79 Å². The lowest BCUT2D eigenvalue weighted by molar-refractivity contribution is 0.102. The van der Waals surface area contributed by atoms with Crippen molar-refractivity contribution >= 4 is 22.6 Å². The maximum absolute atomic E-state index is 12.9. The van der Waals surface area contributed by atoms with E-state index < -0.39 is 0 Å². The molecule has 0 atom stereocenters. The van der Waals surface area contributed by atoms with Crippen LogP contribution in [0.2, 0.25) is 0 Å². The van der Waals surface area contributed by atoms with E-state index in [0.29, 0.717) is 23.3 Å². The minimum Gasteiger partial charge on any atom is -0.322 e. The molecule has 37 heavy (non-hydrogen) atoms. The fraction of sp³-hybridized carbons (Fsp3) is 0.300. The summed E-state index contributed by atoms with van der Waals surface area (Å²) in [6, 6.07) is 24.0. The first-order valence-corrected chi connectivity index (χ1v) is 12.9. The first kappa shape index (κ1) is 24.9. The summed E-state index contributed by atoms with van der Waals surface area (Å²) in [5.74, 6) is -0.196. The molecule has 0 unspecified atom stereocenters. The molecule has 7 nitrogen and oxygen atoms in total. The molecule has 7 heteroatoms. The van der Waals surface area contributed by atoms with Crippen LogP contribution in [0.25, 0.3) is 11.0 Å². The highest BCUT2D eigenvalue weighted by Gasteiger charge is 2.17. The zero-order valence-electron chi connectivity index (χ0n) is 21.5. The van der Waals surface area contributed by atoms with Crippen molar-refractivity contribution in [1.29, 1.82) is 0 Å². The number of nitrogens with zero attached hydrogens (tertiary/aromatic N) is 4. The molecule has 1 aliphatic rings. The topological polar surface area (TPSA) is 70.5 Å².